The highest BCUT2D eigenvalue weighted by Crippen LogP contribution is 2.19. The minimum atomic E-state index is -0.165. The maximum Gasteiger partial charge on any atom is 0.367 e. The van der Waals surface area contributed by atoms with Gasteiger partial charge in [-0.1, -0.05) is 12.1 Å². The zero-order valence-corrected chi connectivity index (χ0v) is 18.1. The highest BCUT2D eigenvalue weighted by atomic mass is 32.2. The lowest BCUT2D eigenvalue weighted by molar-refractivity contribution is -0.673. The minimum absolute atomic E-state index is 0.165. The second kappa shape index (κ2) is 11.0. The van der Waals surface area contributed by atoms with E-state index in [-0.39, 0.29) is 5.30 Å². The average molecular weight is 413 g/mol. The number of aryl methyl sites for hydroxylation is 1. The molecule has 0 bridgehead atoms. The first-order valence-electron chi connectivity index (χ1n) is 10.2. The first-order valence-corrected chi connectivity index (χ1v) is 11.1. The molecule has 1 aliphatic heterocycles. The first-order chi connectivity index (χ1) is 14.2. The van der Waals surface area contributed by atoms with Crippen LogP contribution in [0.3, 0.4) is 0 Å². The van der Waals surface area contributed by atoms with Crippen molar-refractivity contribution in [2.45, 2.75) is 6.92 Å². The van der Waals surface area contributed by atoms with Crippen molar-refractivity contribution in [1.82, 2.24) is 4.90 Å². The number of ether oxygens (including phenoxy) is 1. The lowest BCUT2D eigenvalue weighted by Gasteiger charge is -2.36. The number of piperazine rings is 1. The molecular weight excluding hydrogens is 382 g/mol. The van der Waals surface area contributed by atoms with Crippen molar-refractivity contribution in [2.24, 2.45) is 7.05 Å². The van der Waals surface area contributed by atoms with Gasteiger partial charge in [0.2, 0.25) is 5.69 Å². The van der Waals surface area contributed by atoms with Gasteiger partial charge < -0.3 is 9.64 Å². The van der Waals surface area contributed by atoms with Crippen molar-refractivity contribution in [3.8, 4) is 0 Å². The van der Waals surface area contributed by atoms with E-state index in [1.807, 2.05) is 13.0 Å². The lowest BCUT2D eigenvalue weighted by Crippen LogP contribution is -2.47. The van der Waals surface area contributed by atoms with Crippen LogP contribution in [0.4, 0.5) is 10.5 Å². The predicted octanol–water partition coefficient (Wildman–Crippen LogP) is 3.69. The summed E-state index contributed by atoms with van der Waals surface area (Å²) in [5.41, 5.74) is 3.65. The SMILES string of the molecule is CCOC(=O)SCCN1CCN(c2ccc(/C=C/c3cccc[n+]3C)cc2)CC1. The molecule has 29 heavy (non-hydrogen) atoms. The van der Waals surface area contributed by atoms with Gasteiger partial charge in [0.1, 0.15) is 7.05 Å². The molecule has 154 valence electrons. The number of hydrogen-bond donors (Lipinski definition) is 0. The topological polar surface area (TPSA) is 36.7 Å². The number of thioether (sulfide) groups is 1. The third-order valence-corrected chi connectivity index (χ3v) is 5.80. The number of carbonyl (C=O) groups is 1. The highest BCUT2D eigenvalue weighted by molar-refractivity contribution is 8.13. The monoisotopic (exact) mass is 412 g/mol. The predicted molar refractivity (Wildman–Crippen MR) is 121 cm³/mol. The Labute approximate surface area is 178 Å². The molecule has 0 atom stereocenters. The Morgan fingerprint density at radius 2 is 1.86 bits per heavy atom. The number of anilines is 1. The summed E-state index contributed by atoms with van der Waals surface area (Å²) in [7, 11) is 2.05. The normalized spacial score (nSPS) is 15.0. The summed E-state index contributed by atoms with van der Waals surface area (Å²) >= 11 is 1.27. The Morgan fingerprint density at radius 1 is 1.10 bits per heavy atom. The summed E-state index contributed by atoms with van der Waals surface area (Å²) < 4.78 is 7.06. The van der Waals surface area contributed by atoms with Gasteiger partial charge >= 0.3 is 5.30 Å². The van der Waals surface area contributed by atoms with E-state index in [1.165, 1.54) is 28.7 Å². The number of aromatic nitrogens is 1. The molecule has 2 aromatic rings. The fraction of sp³-hybridized carbons (Fsp3) is 0.391. The Bertz CT molecular complexity index is 815. The zero-order valence-electron chi connectivity index (χ0n) is 17.3. The van der Waals surface area contributed by atoms with Gasteiger partial charge in [0, 0.05) is 62.4 Å². The van der Waals surface area contributed by atoms with Crippen LogP contribution in [-0.2, 0) is 11.8 Å². The molecule has 0 radical (unpaired) electrons. The van der Waals surface area contributed by atoms with Crippen LogP contribution in [0.5, 0.6) is 0 Å². The molecule has 2 heterocycles. The molecule has 1 aromatic carbocycles. The van der Waals surface area contributed by atoms with Crippen molar-refractivity contribution >= 4 is 34.9 Å². The van der Waals surface area contributed by atoms with Gasteiger partial charge in [-0.05, 0) is 48.5 Å². The van der Waals surface area contributed by atoms with E-state index in [1.54, 1.807) is 0 Å². The molecule has 0 N–H and O–H groups in total. The van der Waals surface area contributed by atoms with Gasteiger partial charge in [-0.3, -0.25) is 4.90 Å². The maximum absolute atomic E-state index is 11.4. The Balaban J connectivity index is 1.45. The van der Waals surface area contributed by atoms with E-state index >= 15 is 0 Å². The fourth-order valence-electron chi connectivity index (χ4n) is 3.33. The number of benzene rings is 1. The zero-order chi connectivity index (χ0) is 20.5. The number of nitrogens with zero attached hydrogens (tertiary/aromatic N) is 3. The molecule has 0 spiro atoms. The summed E-state index contributed by atoms with van der Waals surface area (Å²) in [4.78, 5) is 16.2. The quantitative estimate of drug-likeness (QED) is 0.512. The summed E-state index contributed by atoms with van der Waals surface area (Å²) in [5, 5.41) is -0.165. The van der Waals surface area contributed by atoms with E-state index in [0.717, 1.165) is 38.5 Å². The van der Waals surface area contributed by atoms with Gasteiger partial charge in [-0.2, -0.15) is 0 Å². The van der Waals surface area contributed by atoms with Gasteiger partial charge in [-0.25, -0.2) is 9.36 Å². The average Bonchev–Trinajstić information content (AvgIpc) is 2.74. The lowest BCUT2D eigenvalue weighted by atomic mass is 10.1. The van der Waals surface area contributed by atoms with Crippen LogP contribution in [-0.4, -0.2) is 55.3 Å². The Hall–Kier alpha value is -2.31. The first kappa shape index (κ1) is 21.4. The van der Waals surface area contributed by atoms with Crippen LogP contribution >= 0.6 is 11.8 Å². The van der Waals surface area contributed by atoms with Crippen molar-refractivity contribution < 1.29 is 14.1 Å². The summed E-state index contributed by atoms with van der Waals surface area (Å²) in [6.07, 6.45) is 6.35. The highest BCUT2D eigenvalue weighted by Gasteiger charge is 2.17. The molecular formula is C23H30N3O2S+. The molecule has 1 fully saturated rings. The van der Waals surface area contributed by atoms with Crippen LogP contribution < -0.4 is 9.47 Å². The molecule has 5 nitrogen and oxygen atoms in total. The van der Waals surface area contributed by atoms with Crippen molar-refractivity contribution in [3.63, 3.8) is 0 Å². The van der Waals surface area contributed by atoms with Crippen molar-refractivity contribution in [3.05, 3.63) is 59.9 Å². The van der Waals surface area contributed by atoms with Gasteiger partial charge in [0.25, 0.3) is 0 Å². The van der Waals surface area contributed by atoms with E-state index in [9.17, 15) is 4.79 Å². The van der Waals surface area contributed by atoms with E-state index < -0.39 is 0 Å². The van der Waals surface area contributed by atoms with E-state index in [4.69, 9.17) is 4.74 Å². The second-order valence-corrected chi connectivity index (χ2v) is 8.05. The number of carbonyl (C=O) groups excluding carboxylic acids is 1. The van der Waals surface area contributed by atoms with Crippen LogP contribution in [0.25, 0.3) is 12.2 Å². The molecule has 0 unspecified atom stereocenters. The standard InChI is InChI=1S/C23H30N3O2S/c1-3-28-23(27)29-19-18-25-14-16-26(17-15-25)22-11-8-20(9-12-22)7-10-21-6-4-5-13-24(21)2/h4-13H,3,14-19H2,1-2H3/q+1. The Morgan fingerprint density at radius 3 is 2.55 bits per heavy atom. The number of hydrogen-bond acceptors (Lipinski definition) is 5. The van der Waals surface area contributed by atoms with Gasteiger partial charge in [0.05, 0.1) is 6.61 Å². The molecule has 1 aliphatic rings. The van der Waals surface area contributed by atoms with Crippen LogP contribution in [0, 0.1) is 0 Å². The van der Waals surface area contributed by atoms with Gasteiger partial charge in [0.15, 0.2) is 6.20 Å². The second-order valence-electron chi connectivity index (χ2n) is 7.02. The fourth-order valence-corrected chi connectivity index (χ4v) is 4.05. The number of rotatable bonds is 7. The van der Waals surface area contributed by atoms with Crippen LogP contribution in [0.1, 0.15) is 18.2 Å². The molecule has 0 aliphatic carbocycles. The minimum Gasteiger partial charge on any atom is -0.458 e. The largest absolute Gasteiger partial charge is 0.458 e. The summed E-state index contributed by atoms with van der Waals surface area (Å²) in [5.74, 6) is 0.791. The van der Waals surface area contributed by atoms with Crippen LogP contribution in [0.2, 0.25) is 0 Å². The van der Waals surface area contributed by atoms with E-state index in [2.05, 4.69) is 76.2 Å². The summed E-state index contributed by atoms with van der Waals surface area (Å²) in [6.45, 7) is 7.29. The molecule has 3 rings (SSSR count). The molecule has 0 saturated carbocycles. The third-order valence-electron chi connectivity index (χ3n) is 5.06. The van der Waals surface area contributed by atoms with Crippen molar-refractivity contribution in [1.29, 1.82) is 0 Å². The smallest absolute Gasteiger partial charge is 0.367 e. The Kier molecular flexibility index (Phi) is 8.14. The molecule has 6 heteroatoms. The van der Waals surface area contributed by atoms with Gasteiger partial charge in [-0.15, -0.1) is 0 Å². The molecule has 0 amide bonds. The van der Waals surface area contributed by atoms with Crippen molar-refractivity contribution in [2.75, 3.05) is 50.0 Å². The molecule has 1 saturated heterocycles. The summed E-state index contributed by atoms with van der Waals surface area (Å²) in [6, 6.07) is 15.0. The van der Waals surface area contributed by atoms with E-state index in [0.29, 0.717) is 6.61 Å². The number of pyridine rings is 1. The maximum atomic E-state index is 11.4. The molecule has 1 aromatic heterocycles. The van der Waals surface area contributed by atoms with Crippen LogP contribution in [0.15, 0.2) is 48.7 Å². The third kappa shape index (κ3) is 6.61.